The fraction of sp³-hybridized carbons (Fsp3) is 0.462. The molecule has 0 aliphatic rings. The van der Waals surface area contributed by atoms with Crippen molar-refractivity contribution in [1.29, 1.82) is 0 Å². The minimum Gasteiger partial charge on any atom is -0.496 e. The summed E-state index contributed by atoms with van der Waals surface area (Å²) >= 11 is 0. The van der Waals surface area contributed by atoms with E-state index in [-0.39, 0.29) is 19.0 Å². The van der Waals surface area contributed by atoms with Gasteiger partial charge in [-0.3, -0.25) is 4.79 Å². The predicted molar refractivity (Wildman–Crippen MR) is 65.9 cm³/mol. The quantitative estimate of drug-likeness (QED) is 0.792. The van der Waals surface area contributed by atoms with Crippen molar-refractivity contribution in [3.8, 4) is 5.75 Å². The number of rotatable bonds is 5. The molecule has 2 N–H and O–H groups in total. The first-order valence-corrected chi connectivity index (χ1v) is 5.58. The fourth-order valence-electron chi connectivity index (χ4n) is 1.50. The molecule has 0 aromatic heterocycles. The van der Waals surface area contributed by atoms with E-state index >= 15 is 0 Å². The van der Waals surface area contributed by atoms with E-state index in [9.17, 15) is 4.79 Å². The van der Waals surface area contributed by atoms with Crippen LogP contribution in [0.25, 0.3) is 0 Å². The van der Waals surface area contributed by atoms with E-state index in [0.29, 0.717) is 6.54 Å². The average Bonchev–Trinajstić information content (AvgIpc) is 2.30. The van der Waals surface area contributed by atoms with E-state index in [1.54, 1.807) is 7.11 Å². The van der Waals surface area contributed by atoms with Crippen molar-refractivity contribution < 1.29 is 14.3 Å². The number of nitrogens with two attached hydrogens (primary N) is 1. The van der Waals surface area contributed by atoms with E-state index in [2.05, 4.69) is 0 Å². The van der Waals surface area contributed by atoms with Crippen molar-refractivity contribution in [2.45, 2.75) is 26.9 Å². The number of esters is 1. The van der Waals surface area contributed by atoms with Gasteiger partial charge < -0.3 is 15.2 Å². The Morgan fingerprint density at radius 3 is 2.53 bits per heavy atom. The largest absolute Gasteiger partial charge is 0.496 e. The molecule has 0 unspecified atom stereocenters. The molecule has 0 amide bonds. The van der Waals surface area contributed by atoms with Crippen molar-refractivity contribution in [2.75, 3.05) is 13.7 Å². The molecule has 4 nitrogen and oxygen atoms in total. The molecular weight excluding hydrogens is 218 g/mol. The SMILES string of the molecule is COc1cc(C)c(C)cc1COC(=O)CCN. The number of methoxy groups -OCH3 is 1. The van der Waals surface area contributed by atoms with Gasteiger partial charge in [0.25, 0.3) is 0 Å². The highest BCUT2D eigenvalue weighted by Gasteiger charge is 2.08. The van der Waals surface area contributed by atoms with Gasteiger partial charge in [0, 0.05) is 12.1 Å². The van der Waals surface area contributed by atoms with Crippen molar-refractivity contribution in [1.82, 2.24) is 0 Å². The molecule has 0 saturated heterocycles. The molecule has 0 saturated carbocycles. The van der Waals surface area contributed by atoms with Crippen LogP contribution in [-0.4, -0.2) is 19.6 Å². The Kier molecular flexibility index (Phi) is 4.97. The Morgan fingerprint density at radius 1 is 1.29 bits per heavy atom. The van der Waals surface area contributed by atoms with Crippen molar-refractivity contribution in [2.24, 2.45) is 5.73 Å². The summed E-state index contributed by atoms with van der Waals surface area (Å²) in [5.74, 6) is 0.460. The number of hydrogen-bond donors (Lipinski definition) is 1. The molecule has 1 aromatic rings. The molecule has 0 fully saturated rings. The first kappa shape index (κ1) is 13.5. The number of hydrogen-bond acceptors (Lipinski definition) is 4. The Balaban J connectivity index is 2.76. The summed E-state index contributed by atoms with van der Waals surface area (Å²) in [6, 6.07) is 3.92. The van der Waals surface area contributed by atoms with Gasteiger partial charge in [-0.05, 0) is 37.1 Å². The maximum atomic E-state index is 11.2. The molecule has 1 rings (SSSR count). The van der Waals surface area contributed by atoms with Crippen LogP contribution in [0.15, 0.2) is 12.1 Å². The molecule has 0 aliphatic carbocycles. The maximum Gasteiger partial charge on any atom is 0.307 e. The van der Waals surface area contributed by atoms with Gasteiger partial charge in [-0.2, -0.15) is 0 Å². The molecule has 0 spiro atoms. The monoisotopic (exact) mass is 237 g/mol. The minimum absolute atomic E-state index is 0.225. The van der Waals surface area contributed by atoms with Crippen LogP contribution in [0.3, 0.4) is 0 Å². The minimum atomic E-state index is -0.284. The molecule has 17 heavy (non-hydrogen) atoms. The molecule has 0 radical (unpaired) electrons. The van der Waals surface area contributed by atoms with Crippen LogP contribution in [-0.2, 0) is 16.1 Å². The lowest BCUT2D eigenvalue weighted by atomic mass is 10.1. The normalized spacial score (nSPS) is 10.1. The summed E-state index contributed by atoms with van der Waals surface area (Å²) in [5.41, 5.74) is 8.45. The van der Waals surface area contributed by atoms with E-state index < -0.39 is 0 Å². The van der Waals surface area contributed by atoms with Gasteiger partial charge in [0.05, 0.1) is 13.5 Å². The van der Waals surface area contributed by atoms with E-state index in [0.717, 1.165) is 22.4 Å². The van der Waals surface area contributed by atoms with Crippen molar-refractivity contribution >= 4 is 5.97 Å². The van der Waals surface area contributed by atoms with E-state index in [1.807, 2.05) is 26.0 Å². The average molecular weight is 237 g/mol. The smallest absolute Gasteiger partial charge is 0.307 e. The Morgan fingerprint density at radius 2 is 1.94 bits per heavy atom. The first-order chi connectivity index (χ1) is 8.08. The Bertz CT molecular complexity index is 402. The van der Waals surface area contributed by atoms with Crippen molar-refractivity contribution in [3.63, 3.8) is 0 Å². The number of carbonyl (C=O) groups excluding carboxylic acids is 1. The summed E-state index contributed by atoms with van der Waals surface area (Å²) in [4.78, 5) is 11.2. The molecule has 94 valence electrons. The lowest BCUT2D eigenvalue weighted by molar-refractivity contribution is -0.144. The van der Waals surface area contributed by atoms with Gasteiger partial charge in [-0.1, -0.05) is 0 Å². The number of aryl methyl sites for hydroxylation is 2. The lowest BCUT2D eigenvalue weighted by Gasteiger charge is -2.12. The summed E-state index contributed by atoms with van der Waals surface area (Å²) in [7, 11) is 1.61. The molecule has 0 aliphatic heterocycles. The first-order valence-electron chi connectivity index (χ1n) is 5.58. The highest BCUT2D eigenvalue weighted by atomic mass is 16.5. The standard InChI is InChI=1S/C13H19NO3/c1-9-6-11(8-17-13(15)4-5-14)12(16-3)7-10(9)2/h6-7H,4-5,8,14H2,1-3H3. The third-order valence-corrected chi connectivity index (χ3v) is 2.63. The summed E-state index contributed by atoms with van der Waals surface area (Å²) in [5, 5.41) is 0. The van der Waals surface area contributed by atoms with Crippen LogP contribution in [0.4, 0.5) is 0 Å². The number of carbonyl (C=O) groups is 1. The summed E-state index contributed by atoms with van der Waals surface area (Å²) in [6.45, 7) is 4.56. The third kappa shape index (κ3) is 3.75. The predicted octanol–water partition coefficient (Wildman–Crippen LogP) is 1.70. The second kappa shape index (κ2) is 6.25. The molecule has 1 aromatic carbocycles. The topological polar surface area (TPSA) is 61.5 Å². The fourth-order valence-corrected chi connectivity index (χ4v) is 1.50. The van der Waals surface area contributed by atoms with Crippen LogP contribution in [0.2, 0.25) is 0 Å². The van der Waals surface area contributed by atoms with Crippen LogP contribution < -0.4 is 10.5 Å². The van der Waals surface area contributed by atoms with Crippen LogP contribution in [0, 0.1) is 13.8 Å². The molecule has 4 heteroatoms. The highest BCUT2D eigenvalue weighted by Crippen LogP contribution is 2.23. The zero-order chi connectivity index (χ0) is 12.8. The Hall–Kier alpha value is -1.55. The maximum absolute atomic E-state index is 11.2. The van der Waals surface area contributed by atoms with E-state index in [4.69, 9.17) is 15.2 Å². The Labute approximate surface area is 102 Å². The summed E-state index contributed by atoms with van der Waals surface area (Å²) < 4.78 is 10.4. The number of ether oxygens (including phenoxy) is 2. The van der Waals surface area contributed by atoms with E-state index in [1.165, 1.54) is 0 Å². The summed E-state index contributed by atoms with van der Waals surface area (Å²) in [6.07, 6.45) is 0.243. The van der Waals surface area contributed by atoms with Gasteiger partial charge in [0.1, 0.15) is 12.4 Å². The van der Waals surface area contributed by atoms with Crippen LogP contribution in [0.5, 0.6) is 5.75 Å². The lowest BCUT2D eigenvalue weighted by Crippen LogP contribution is -2.11. The molecule has 0 bridgehead atoms. The van der Waals surface area contributed by atoms with Gasteiger partial charge in [0.2, 0.25) is 0 Å². The molecule has 0 heterocycles. The van der Waals surface area contributed by atoms with Crippen LogP contribution >= 0.6 is 0 Å². The van der Waals surface area contributed by atoms with Gasteiger partial charge >= 0.3 is 5.97 Å². The molecular formula is C13H19NO3. The third-order valence-electron chi connectivity index (χ3n) is 2.63. The second-order valence-electron chi connectivity index (χ2n) is 3.95. The number of benzene rings is 1. The van der Waals surface area contributed by atoms with Crippen LogP contribution in [0.1, 0.15) is 23.1 Å². The zero-order valence-corrected chi connectivity index (χ0v) is 10.6. The zero-order valence-electron chi connectivity index (χ0n) is 10.6. The second-order valence-corrected chi connectivity index (χ2v) is 3.95. The van der Waals surface area contributed by atoms with Crippen molar-refractivity contribution in [3.05, 3.63) is 28.8 Å². The van der Waals surface area contributed by atoms with Gasteiger partial charge in [0.15, 0.2) is 0 Å². The highest BCUT2D eigenvalue weighted by molar-refractivity contribution is 5.69. The van der Waals surface area contributed by atoms with Gasteiger partial charge in [-0.25, -0.2) is 0 Å². The van der Waals surface area contributed by atoms with Gasteiger partial charge in [-0.15, -0.1) is 0 Å². The molecule has 0 atom stereocenters.